The van der Waals surface area contributed by atoms with Gasteiger partial charge in [0, 0.05) is 74.0 Å². The van der Waals surface area contributed by atoms with Gasteiger partial charge in [-0.15, -0.1) is 0 Å². The van der Waals surface area contributed by atoms with Crippen LogP contribution in [-0.4, -0.2) is 112 Å². The molecule has 440 valence electrons. The summed E-state index contributed by atoms with van der Waals surface area (Å²) >= 11 is 0. The molecule has 3 spiro atoms. The SMILES string of the molecule is C[C@H]1[C@H](OC(=O)CCC(=O)N(C(=O)CCC(=O)O[C@@H]2O[C@@H]3OC4(C)CC[C@H]5[C@H](C)CC[C@@H]([C@H]2C)[C@@]35OO4)C(=O)CCC(=O)O[C@@H]2O[C@@H]3OC4(C)CC[C@H]5[C@H](C)CC[C@@H]([C@H]2C)[C@@]35OO4)O[C@@H]2OC3(C)CC[C@H]4[C@H](C)CC[C@@H]1[C@@]24OO3. The maximum Gasteiger partial charge on any atom is 0.308 e. The first-order valence-corrected chi connectivity index (χ1v) is 29.6. The molecule has 0 aromatic heterocycles. The zero-order chi connectivity index (χ0) is 55.8. The van der Waals surface area contributed by atoms with Crippen molar-refractivity contribution in [3.8, 4) is 0 Å². The van der Waals surface area contributed by atoms with Gasteiger partial charge in [0.05, 0.1) is 19.3 Å². The van der Waals surface area contributed by atoms with Gasteiger partial charge in [-0.25, -0.2) is 34.2 Å². The molecule has 15 aliphatic rings. The average Bonchev–Trinajstić information content (AvgIpc) is 2.74. The largest absolute Gasteiger partial charge is 0.435 e. The molecule has 24 atom stereocenters. The number of carbonyl (C=O) groups is 6. The number of hydrogen-bond donors (Lipinski definition) is 0. The Kier molecular flexibility index (Phi) is 14.6. The third kappa shape index (κ3) is 9.25. The Balaban J connectivity index is 0.708. The number of rotatable bonds is 12. The summed E-state index contributed by atoms with van der Waals surface area (Å²) in [6.45, 7) is 17.7. The second kappa shape index (κ2) is 20.5. The molecule has 0 aromatic carbocycles. The van der Waals surface area contributed by atoms with Crippen molar-refractivity contribution in [3.05, 3.63) is 0 Å². The smallest absolute Gasteiger partial charge is 0.308 e. The minimum atomic E-state index is -1.06. The van der Waals surface area contributed by atoms with Crippen LogP contribution in [-0.2, 0) is 101 Å². The molecule has 0 radical (unpaired) electrons. The minimum Gasteiger partial charge on any atom is -0.435 e. The van der Waals surface area contributed by atoms with Crippen molar-refractivity contribution < 1.29 is 101 Å². The van der Waals surface area contributed by atoms with Gasteiger partial charge in [0.15, 0.2) is 35.7 Å². The Hall–Kier alpha value is -3.26. The molecular weight excluding hydrogens is 1030 g/mol. The van der Waals surface area contributed by atoms with Crippen molar-refractivity contribution in [2.24, 2.45) is 71.0 Å². The summed E-state index contributed by atoms with van der Waals surface area (Å²) in [5.41, 5.74) is -2.68. The first kappa shape index (κ1) is 56.2. The molecule has 79 heavy (non-hydrogen) atoms. The van der Waals surface area contributed by atoms with Gasteiger partial charge in [-0.1, -0.05) is 41.5 Å². The van der Waals surface area contributed by atoms with Crippen LogP contribution in [0.15, 0.2) is 0 Å². The summed E-state index contributed by atoms with van der Waals surface area (Å²) < 4.78 is 56.3. The molecule has 3 aliphatic carbocycles. The number of esters is 3. The van der Waals surface area contributed by atoms with Gasteiger partial charge < -0.3 is 42.6 Å². The van der Waals surface area contributed by atoms with E-state index in [0.717, 1.165) is 57.8 Å². The lowest BCUT2D eigenvalue weighted by atomic mass is 9.58. The highest BCUT2D eigenvalue weighted by molar-refractivity contribution is 6.11. The third-order valence-corrected chi connectivity index (χ3v) is 21.4. The summed E-state index contributed by atoms with van der Waals surface area (Å²) in [6.07, 6.45) is 0.00844. The lowest BCUT2D eigenvalue weighted by Crippen LogP contribution is -2.70. The van der Waals surface area contributed by atoms with Gasteiger partial charge in [0.2, 0.25) is 54.0 Å². The van der Waals surface area contributed by atoms with E-state index in [-0.39, 0.29) is 53.3 Å². The standard InChI is InChI=1S/C57H81NO21/c1-28-10-13-37-31(4)46(68-49-55(37)34(28)22-25-52(7,71-49)74-77-55)65-43(62)19-16-40(59)58(41(60)17-20-44(63)66-47-32(5)38-14-11-29(2)35-23-26-53(8)72-50(69-47)56(35,38)78-75-53)42(61)18-21-45(64)67-48-33(6)39-15-12-30(3)36-24-27-54(9)73-51(70-48)57(36,39)79-76-54/h28-39,46-51H,10-27H2,1-9H3/t28-,29-,30-,31-,32-,33-,34+,35+,36+,37+,38+,39+,46-,47-,48-,49-,50-,51-,52?,53?,54?,55-,56-,57-/m1/s1. The lowest BCUT2D eigenvalue weighted by molar-refractivity contribution is -0.576. The number of hydrogen-bond acceptors (Lipinski definition) is 21. The van der Waals surface area contributed by atoms with Gasteiger partial charge in [-0.3, -0.25) is 28.8 Å². The van der Waals surface area contributed by atoms with Crippen molar-refractivity contribution in [3.63, 3.8) is 0 Å². The Morgan fingerprint density at radius 1 is 0.380 bits per heavy atom. The van der Waals surface area contributed by atoms with Crippen molar-refractivity contribution >= 4 is 35.6 Å². The Morgan fingerprint density at radius 2 is 0.658 bits per heavy atom. The zero-order valence-corrected chi connectivity index (χ0v) is 47.1. The minimum absolute atomic E-state index is 0.0863. The topological polar surface area (TPSA) is 244 Å². The molecular formula is C57H81NO21. The van der Waals surface area contributed by atoms with Crippen LogP contribution in [0.25, 0.3) is 0 Å². The first-order valence-electron chi connectivity index (χ1n) is 29.6. The van der Waals surface area contributed by atoms with Crippen LogP contribution in [0, 0.1) is 71.0 Å². The summed E-state index contributed by atoms with van der Waals surface area (Å²) in [4.78, 5) is 121. The van der Waals surface area contributed by atoms with Crippen molar-refractivity contribution in [1.29, 1.82) is 0 Å². The van der Waals surface area contributed by atoms with E-state index in [1.54, 1.807) is 20.8 Å². The van der Waals surface area contributed by atoms with Gasteiger partial charge in [-0.05, 0) is 114 Å². The van der Waals surface area contributed by atoms with Crippen molar-refractivity contribution in [2.75, 3.05) is 0 Å². The predicted molar refractivity (Wildman–Crippen MR) is 263 cm³/mol. The fourth-order valence-corrected chi connectivity index (χ4v) is 17.0. The van der Waals surface area contributed by atoms with E-state index in [4.69, 9.17) is 72.0 Å². The van der Waals surface area contributed by atoms with Gasteiger partial charge in [0.1, 0.15) is 0 Å². The average molecular weight is 1120 g/mol. The molecule has 15 fully saturated rings. The number of imide groups is 3. The molecule has 22 heteroatoms. The molecule has 12 aliphatic heterocycles. The van der Waals surface area contributed by atoms with E-state index in [1.807, 2.05) is 20.8 Å². The Bertz CT molecular complexity index is 2170. The van der Waals surface area contributed by atoms with E-state index in [9.17, 15) is 28.8 Å². The molecule has 6 bridgehead atoms. The predicted octanol–water partition coefficient (Wildman–Crippen LogP) is 7.46. The number of nitrogens with zero attached hydrogens (tertiary/aromatic N) is 1. The number of carbonyl (C=O) groups excluding carboxylic acids is 6. The second-order valence-corrected chi connectivity index (χ2v) is 26.3. The fraction of sp³-hybridized carbons (Fsp3) is 0.895. The molecule has 3 unspecified atom stereocenters. The van der Waals surface area contributed by atoms with Crippen molar-refractivity contribution in [1.82, 2.24) is 4.90 Å². The van der Waals surface area contributed by atoms with Gasteiger partial charge in [0.25, 0.3) is 0 Å². The van der Waals surface area contributed by atoms with Crippen LogP contribution >= 0.6 is 0 Å². The van der Waals surface area contributed by atoms with Crippen molar-refractivity contribution in [2.45, 2.75) is 250 Å². The highest BCUT2D eigenvalue weighted by atomic mass is 17.3. The highest BCUT2D eigenvalue weighted by Crippen LogP contribution is 2.64. The molecule has 12 heterocycles. The summed E-state index contributed by atoms with van der Waals surface area (Å²) in [5, 5.41) is 0. The van der Waals surface area contributed by atoms with E-state index >= 15 is 0 Å². The molecule has 0 N–H and O–H groups in total. The quantitative estimate of drug-likeness (QED) is 0.105. The van der Waals surface area contributed by atoms with Crippen LogP contribution in [0.4, 0.5) is 0 Å². The summed E-state index contributed by atoms with van der Waals surface area (Å²) in [6, 6.07) is 0. The van der Waals surface area contributed by atoms with E-state index < -0.39 is 146 Å². The summed E-state index contributed by atoms with van der Waals surface area (Å²) in [7, 11) is 0. The van der Waals surface area contributed by atoms with E-state index in [0.29, 0.717) is 41.9 Å². The Labute approximate surface area is 460 Å². The van der Waals surface area contributed by atoms with Crippen LogP contribution in [0.1, 0.15) is 178 Å². The van der Waals surface area contributed by atoms with Crippen LogP contribution in [0.5, 0.6) is 0 Å². The first-order chi connectivity index (χ1) is 37.5. The van der Waals surface area contributed by atoms with E-state index in [2.05, 4.69) is 20.8 Å². The highest BCUT2D eigenvalue weighted by Gasteiger charge is 2.73. The molecule has 3 saturated carbocycles. The lowest BCUT2D eigenvalue weighted by Gasteiger charge is -2.59. The van der Waals surface area contributed by atoms with Crippen LogP contribution in [0.2, 0.25) is 0 Å². The molecule has 12 saturated heterocycles. The normalized spacial score (nSPS) is 49.8. The second-order valence-electron chi connectivity index (χ2n) is 26.3. The third-order valence-electron chi connectivity index (χ3n) is 21.4. The number of amides is 3. The Morgan fingerprint density at radius 3 is 0.937 bits per heavy atom. The zero-order valence-electron chi connectivity index (χ0n) is 47.1. The molecule has 15 rings (SSSR count). The fourth-order valence-electron chi connectivity index (χ4n) is 17.0. The van der Waals surface area contributed by atoms with Crippen LogP contribution < -0.4 is 0 Å². The van der Waals surface area contributed by atoms with Gasteiger partial charge >= 0.3 is 17.9 Å². The molecule has 3 amide bonds. The molecule has 22 nitrogen and oxygen atoms in total. The molecule has 0 aromatic rings. The monoisotopic (exact) mass is 1120 g/mol. The maximum atomic E-state index is 14.2. The number of ether oxygens (including phenoxy) is 9. The van der Waals surface area contributed by atoms with E-state index in [1.165, 1.54) is 0 Å². The summed E-state index contributed by atoms with van der Waals surface area (Å²) in [5.74, 6) is -8.94. The van der Waals surface area contributed by atoms with Gasteiger partial charge in [-0.2, -0.15) is 0 Å². The number of fused-ring (bicyclic) bond motifs is 6. The van der Waals surface area contributed by atoms with Crippen LogP contribution in [0.3, 0.4) is 0 Å². The maximum absolute atomic E-state index is 14.2.